The molecular weight excluding hydrogens is 314 g/mol. The fourth-order valence-corrected chi connectivity index (χ4v) is 2.14. The molecule has 2 rings (SSSR count). The molecule has 1 amide bonds. The van der Waals surface area contributed by atoms with Crippen LogP contribution in [0, 0.1) is 0 Å². The molecule has 2 heterocycles. The van der Waals surface area contributed by atoms with E-state index >= 15 is 0 Å². The highest BCUT2D eigenvalue weighted by molar-refractivity contribution is 9.10. The number of fused-ring (bicyclic) bond motifs is 1. The summed E-state index contributed by atoms with van der Waals surface area (Å²) < 4.78 is 7.35. The van der Waals surface area contributed by atoms with Crippen molar-refractivity contribution < 1.29 is 9.53 Å². The third-order valence-electron chi connectivity index (χ3n) is 2.20. The van der Waals surface area contributed by atoms with Crippen molar-refractivity contribution in [2.45, 2.75) is 26.4 Å². The van der Waals surface area contributed by atoms with Gasteiger partial charge in [0.15, 0.2) is 11.5 Å². The lowest BCUT2D eigenvalue weighted by atomic mass is 10.2. The first-order valence-corrected chi connectivity index (χ1v) is 6.40. The normalized spacial score (nSPS) is 11.6. The number of ether oxygens (including phenoxy) is 1. The van der Waals surface area contributed by atoms with Crippen LogP contribution in [0.1, 0.15) is 20.8 Å². The quantitative estimate of drug-likeness (QED) is 0.870. The lowest BCUT2D eigenvalue weighted by molar-refractivity contribution is 0.0635. The molecule has 0 radical (unpaired) electrons. The van der Waals surface area contributed by atoms with Gasteiger partial charge in [0.2, 0.25) is 0 Å². The van der Waals surface area contributed by atoms with E-state index in [1.165, 1.54) is 6.33 Å². The van der Waals surface area contributed by atoms with E-state index in [1.54, 1.807) is 32.5 Å². The third-order valence-corrected chi connectivity index (χ3v) is 2.75. The fraction of sp³-hybridized carbons (Fsp3) is 0.455. The van der Waals surface area contributed by atoms with Gasteiger partial charge in [-0.2, -0.15) is 5.10 Å². The molecule has 0 aliphatic carbocycles. The van der Waals surface area contributed by atoms with Gasteiger partial charge in [-0.3, -0.25) is 5.32 Å². The number of carbonyl (C=O) groups is 1. The van der Waals surface area contributed by atoms with Crippen LogP contribution >= 0.6 is 15.9 Å². The number of carbonyl (C=O) groups excluding carboxylic acids is 1. The molecule has 7 nitrogen and oxygen atoms in total. The molecule has 19 heavy (non-hydrogen) atoms. The van der Waals surface area contributed by atoms with Crippen LogP contribution in [0.3, 0.4) is 0 Å². The predicted octanol–water partition coefficient (Wildman–Crippen LogP) is 2.47. The smallest absolute Gasteiger partial charge is 0.413 e. The van der Waals surface area contributed by atoms with Crippen LogP contribution in [0.5, 0.6) is 0 Å². The van der Waals surface area contributed by atoms with Crippen LogP contribution < -0.4 is 5.32 Å². The Kier molecular flexibility index (Phi) is 3.44. The van der Waals surface area contributed by atoms with Crippen LogP contribution in [-0.2, 0) is 11.8 Å². The van der Waals surface area contributed by atoms with Crippen LogP contribution in [0.4, 0.5) is 10.6 Å². The molecule has 8 heteroatoms. The zero-order valence-corrected chi connectivity index (χ0v) is 12.6. The Bertz CT molecular complexity index is 632. The van der Waals surface area contributed by atoms with Crippen molar-refractivity contribution in [2.75, 3.05) is 5.32 Å². The van der Waals surface area contributed by atoms with Crippen LogP contribution in [-0.4, -0.2) is 31.4 Å². The number of aromatic nitrogens is 4. The minimum atomic E-state index is -0.567. The first-order chi connectivity index (χ1) is 8.78. The molecule has 0 unspecified atom stereocenters. The molecule has 102 valence electrons. The largest absolute Gasteiger partial charge is 0.444 e. The van der Waals surface area contributed by atoms with E-state index in [0.29, 0.717) is 21.5 Å². The van der Waals surface area contributed by atoms with Gasteiger partial charge >= 0.3 is 6.09 Å². The topological polar surface area (TPSA) is 81.9 Å². The highest BCUT2D eigenvalue weighted by Crippen LogP contribution is 2.27. The molecule has 2 aromatic heterocycles. The summed E-state index contributed by atoms with van der Waals surface area (Å²) >= 11 is 3.32. The SMILES string of the molecule is Cn1nc(Br)c2c(NC(=O)OC(C)(C)C)ncnc21. The zero-order valence-electron chi connectivity index (χ0n) is 11.1. The first kappa shape index (κ1) is 13.7. The van der Waals surface area contributed by atoms with Crippen LogP contribution in [0.15, 0.2) is 10.9 Å². The highest BCUT2D eigenvalue weighted by atomic mass is 79.9. The summed E-state index contributed by atoms with van der Waals surface area (Å²) in [5.41, 5.74) is 0.0514. The number of hydrogen-bond donors (Lipinski definition) is 1. The summed E-state index contributed by atoms with van der Waals surface area (Å²) in [6.07, 6.45) is 0.798. The lowest BCUT2D eigenvalue weighted by Gasteiger charge is -2.19. The molecule has 0 saturated carbocycles. The average Bonchev–Trinajstić information content (AvgIpc) is 2.53. The van der Waals surface area contributed by atoms with Gasteiger partial charge in [-0.1, -0.05) is 0 Å². The van der Waals surface area contributed by atoms with Crippen molar-refractivity contribution in [1.82, 2.24) is 19.7 Å². The van der Waals surface area contributed by atoms with Crippen molar-refractivity contribution in [2.24, 2.45) is 7.05 Å². The van der Waals surface area contributed by atoms with E-state index in [2.05, 4.69) is 36.3 Å². The van der Waals surface area contributed by atoms with Gasteiger partial charge in [0, 0.05) is 7.05 Å². The molecule has 0 fully saturated rings. The molecule has 2 aromatic rings. The lowest BCUT2D eigenvalue weighted by Crippen LogP contribution is -2.27. The van der Waals surface area contributed by atoms with Crippen LogP contribution in [0.2, 0.25) is 0 Å². The van der Waals surface area contributed by atoms with E-state index in [1.807, 2.05) is 0 Å². The minimum Gasteiger partial charge on any atom is -0.444 e. The number of anilines is 1. The number of halogens is 1. The number of hydrogen-bond acceptors (Lipinski definition) is 5. The number of nitrogens with zero attached hydrogens (tertiary/aromatic N) is 4. The van der Waals surface area contributed by atoms with Gasteiger partial charge in [0.05, 0.1) is 5.39 Å². The van der Waals surface area contributed by atoms with Gasteiger partial charge in [0.1, 0.15) is 16.5 Å². The highest BCUT2D eigenvalue weighted by Gasteiger charge is 2.19. The number of nitrogens with one attached hydrogen (secondary N) is 1. The van der Waals surface area contributed by atoms with Crippen molar-refractivity contribution in [3.8, 4) is 0 Å². The van der Waals surface area contributed by atoms with Crippen LogP contribution in [0.25, 0.3) is 11.0 Å². The molecule has 0 saturated heterocycles. The molecule has 0 atom stereocenters. The predicted molar refractivity (Wildman–Crippen MR) is 73.9 cm³/mol. The van der Waals surface area contributed by atoms with Crippen molar-refractivity contribution in [3.05, 3.63) is 10.9 Å². The summed E-state index contributed by atoms with van der Waals surface area (Å²) in [5, 5.41) is 7.41. The van der Waals surface area contributed by atoms with Crippen molar-refractivity contribution in [1.29, 1.82) is 0 Å². The Morgan fingerprint density at radius 3 is 2.74 bits per heavy atom. The second-order valence-corrected chi connectivity index (χ2v) is 5.71. The maximum absolute atomic E-state index is 11.8. The standard InChI is InChI=1S/C11H14BrN5O2/c1-11(2,3)19-10(18)15-8-6-7(12)16-17(4)9(6)14-5-13-8/h5H,1-4H3,(H,13,14,15,18). The molecular formula is C11H14BrN5O2. The van der Waals surface area contributed by atoms with E-state index in [-0.39, 0.29) is 0 Å². The molecule has 0 aliphatic heterocycles. The molecule has 0 spiro atoms. The second-order valence-electron chi connectivity index (χ2n) is 4.96. The summed E-state index contributed by atoms with van der Waals surface area (Å²) in [6, 6.07) is 0. The minimum absolute atomic E-state index is 0.360. The summed E-state index contributed by atoms with van der Waals surface area (Å²) in [4.78, 5) is 19.9. The van der Waals surface area contributed by atoms with Gasteiger partial charge < -0.3 is 4.74 Å². The third kappa shape index (κ3) is 3.01. The average molecular weight is 328 g/mol. The Balaban J connectivity index is 2.33. The Morgan fingerprint density at radius 2 is 2.11 bits per heavy atom. The maximum Gasteiger partial charge on any atom is 0.413 e. The number of rotatable bonds is 1. The van der Waals surface area contributed by atoms with Gasteiger partial charge in [0.25, 0.3) is 0 Å². The van der Waals surface area contributed by atoms with Gasteiger partial charge in [-0.15, -0.1) is 0 Å². The molecule has 0 aliphatic rings. The number of aryl methyl sites for hydroxylation is 1. The summed E-state index contributed by atoms with van der Waals surface area (Å²) in [6.45, 7) is 5.38. The van der Waals surface area contributed by atoms with E-state index in [4.69, 9.17) is 4.74 Å². The van der Waals surface area contributed by atoms with Crippen molar-refractivity contribution in [3.63, 3.8) is 0 Å². The molecule has 0 aromatic carbocycles. The Morgan fingerprint density at radius 1 is 1.42 bits per heavy atom. The van der Waals surface area contributed by atoms with Crippen molar-refractivity contribution >= 4 is 38.9 Å². The fourth-order valence-electron chi connectivity index (χ4n) is 1.54. The van der Waals surface area contributed by atoms with E-state index in [9.17, 15) is 4.79 Å². The summed E-state index contributed by atoms with van der Waals surface area (Å²) in [5.74, 6) is 0.360. The zero-order chi connectivity index (χ0) is 14.2. The van der Waals surface area contributed by atoms with Gasteiger partial charge in [-0.05, 0) is 36.7 Å². The summed E-state index contributed by atoms with van der Waals surface area (Å²) in [7, 11) is 1.76. The van der Waals surface area contributed by atoms with E-state index < -0.39 is 11.7 Å². The maximum atomic E-state index is 11.8. The van der Waals surface area contributed by atoms with E-state index in [0.717, 1.165) is 0 Å². The molecule has 0 bridgehead atoms. The van der Waals surface area contributed by atoms with Gasteiger partial charge in [-0.25, -0.2) is 19.4 Å². The Labute approximate surface area is 118 Å². The monoisotopic (exact) mass is 327 g/mol. The molecule has 1 N–H and O–H groups in total. The number of amides is 1. The first-order valence-electron chi connectivity index (χ1n) is 5.61. The Hall–Kier alpha value is -1.70. The second kappa shape index (κ2) is 4.76.